The molecular weight excluding hydrogens is 260 g/mol. The van der Waals surface area contributed by atoms with Crippen LogP contribution >= 0.6 is 0 Å². The SMILES string of the molecule is CCCNc1cc(C(C)(C)C)nc(Cc2cccnc2)n1. The molecule has 2 rings (SSSR count). The maximum atomic E-state index is 4.73. The summed E-state index contributed by atoms with van der Waals surface area (Å²) in [6, 6.07) is 6.06. The van der Waals surface area contributed by atoms with Crippen molar-refractivity contribution in [1.82, 2.24) is 15.0 Å². The maximum absolute atomic E-state index is 4.73. The molecule has 0 radical (unpaired) electrons. The van der Waals surface area contributed by atoms with Crippen LogP contribution < -0.4 is 5.32 Å². The fourth-order valence-corrected chi connectivity index (χ4v) is 1.99. The fourth-order valence-electron chi connectivity index (χ4n) is 1.99. The summed E-state index contributed by atoms with van der Waals surface area (Å²) in [6.07, 6.45) is 5.43. The average molecular weight is 284 g/mol. The molecule has 21 heavy (non-hydrogen) atoms. The molecule has 0 atom stereocenters. The minimum Gasteiger partial charge on any atom is -0.370 e. The van der Waals surface area contributed by atoms with Gasteiger partial charge < -0.3 is 5.32 Å². The van der Waals surface area contributed by atoms with E-state index in [0.29, 0.717) is 6.42 Å². The summed E-state index contributed by atoms with van der Waals surface area (Å²) >= 11 is 0. The van der Waals surface area contributed by atoms with Crippen LogP contribution in [-0.2, 0) is 11.8 Å². The maximum Gasteiger partial charge on any atom is 0.135 e. The summed E-state index contributed by atoms with van der Waals surface area (Å²) in [5, 5.41) is 3.37. The van der Waals surface area contributed by atoms with Crippen LogP contribution in [-0.4, -0.2) is 21.5 Å². The molecule has 1 N–H and O–H groups in total. The number of nitrogens with one attached hydrogen (secondary N) is 1. The first kappa shape index (κ1) is 15.4. The Morgan fingerprint density at radius 2 is 2.00 bits per heavy atom. The molecule has 2 aromatic heterocycles. The summed E-state index contributed by atoms with van der Waals surface area (Å²) in [5.41, 5.74) is 2.20. The quantitative estimate of drug-likeness (QED) is 0.911. The Hall–Kier alpha value is -1.97. The van der Waals surface area contributed by atoms with E-state index in [0.717, 1.165) is 35.9 Å². The predicted octanol–water partition coefficient (Wildman–Crippen LogP) is 3.58. The molecule has 2 heterocycles. The summed E-state index contributed by atoms with van der Waals surface area (Å²) in [7, 11) is 0. The molecule has 0 saturated heterocycles. The Kier molecular flexibility index (Phi) is 4.89. The van der Waals surface area contributed by atoms with E-state index in [2.05, 4.69) is 55.1 Å². The molecule has 0 spiro atoms. The first-order valence-electron chi connectivity index (χ1n) is 7.50. The zero-order valence-electron chi connectivity index (χ0n) is 13.3. The van der Waals surface area contributed by atoms with Crippen molar-refractivity contribution in [1.29, 1.82) is 0 Å². The van der Waals surface area contributed by atoms with Crippen molar-refractivity contribution < 1.29 is 0 Å². The molecule has 0 aliphatic rings. The molecule has 0 unspecified atom stereocenters. The second-order valence-corrected chi connectivity index (χ2v) is 6.27. The van der Waals surface area contributed by atoms with Gasteiger partial charge in [-0.05, 0) is 18.1 Å². The second-order valence-electron chi connectivity index (χ2n) is 6.27. The van der Waals surface area contributed by atoms with Gasteiger partial charge in [0.05, 0.1) is 5.69 Å². The van der Waals surface area contributed by atoms with E-state index in [9.17, 15) is 0 Å². The van der Waals surface area contributed by atoms with Crippen LogP contribution in [0.1, 0.15) is 51.2 Å². The molecule has 0 aliphatic heterocycles. The van der Waals surface area contributed by atoms with Gasteiger partial charge >= 0.3 is 0 Å². The van der Waals surface area contributed by atoms with E-state index in [1.54, 1.807) is 6.20 Å². The largest absolute Gasteiger partial charge is 0.370 e. The molecule has 2 aromatic rings. The molecule has 0 amide bonds. The van der Waals surface area contributed by atoms with Gasteiger partial charge in [-0.25, -0.2) is 9.97 Å². The average Bonchev–Trinajstić information content (AvgIpc) is 2.45. The van der Waals surface area contributed by atoms with Gasteiger partial charge in [-0.1, -0.05) is 33.8 Å². The van der Waals surface area contributed by atoms with Crippen molar-refractivity contribution >= 4 is 5.82 Å². The van der Waals surface area contributed by atoms with Gasteiger partial charge in [0.2, 0.25) is 0 Å². The van der Waals surface area contributed by atoms with E-state index >= 15 is 0 Å². The first-order valence-corrected chi connectivity index (χ1v) is 7.50. The first-order chi connectivity index (χ1) is 9.99. The third-order valence-corrected chi connectivity index (χ3v) is 3.18. The van der Waals surface area contributed by atoms with Crippen molar-refractivity contribution in [3.8, 4) is 0 Å². The van der Waals surface area contributed by atoms with Crippen LogP contribution in [0.25, 0.3) is 0 Å². The monoisotopic (exact) mass is 284 g/mol. The van der Waals surface area contributed by atoms with Crippen molar-refractivity contribution in [2.75, 3.05) is 11.9 Å². The van der Waals surface area contributed by atoms with E-state index in [4.69, 9.17) is 4.98 Å². The topological polar surface area (TPSA) is 50.7 Å². The van der Waals surface area contributed by atoms with Crippen LogP contribution in [0.3, 0.4) is 0 Å². The lowest BCUT2D eigenvalue weighted by Crippen LogP contribution is -2.17. The highest BCUT2D eigenvalue weighted by Gasteiger charge is 2.18. The van der Waals surface area contributed by atoms with Gasteiger partial charge in [0, 0.05) is 36.8 Å². The smallest absolute Gasteiger partial charge is 0.135 e. The number of rotatable bonds is 5. The number of hydrogen-bond donors (Lipinski definition) is 1. The fraction of sp³-hybridized carbons (Fsp3) is 0.471. The Balaban J connectivity index is 2.30. The number of aromatic nitrogens is 3. The lowest BCUT2D eigenvalue weighted by molar-refractivity contribution is 0.563. The number of pyridine rings is 1. The highest BCUT2D eigenvalue weighted by Crippen LogP contribution is 2.23. The van der Waals surface area contributed by atoms with Crippen LogP contribution in [0, 0.1) is 0 Å². The standard InChI is InChI=1S/C17H24N4/c1-5-8-19-15-11-14(17(2,3)4)20-16(21-15)10-13-7-6-9-18-12-13/h6-7,9,11-12H,5,8,10H2,1-4H3,(H,19,20,21). The van der Waals surface area contributed by atoms with Crippen molar-refractivity contribution in [2.24, 2.45) is 0 Å². The summed E-state index contributed by atoms with van der Waals surface area (Å²) in [6.45, 7) is 9.59. The summed E-state index contributed by atoms with van der Waals surface area (Å²) in [4.78, 5) is 13.5. The molecule has 4 heteroatoms. The highest BCUT2D eigenvalue weighted by atomic mass is 15.0. The van der Waals surface area contributed by atoms with E-state index < -0.39 is 0 Å². The van der Waals surface area contributed by atoms with Gasteiger partial charge in [0.15, 0.2) is 0 Å². The zero-order chi connectivity index (χ0) is 15.3. The lowest BCUT2D eigenvalue weighted by Gasteiger charge is -2.19. The molecule has 112 valence electrons. The highest BCUT2D eigenvalue weighted by molar-refractivity contribution is 5.38. The third kappa shape index (κ3) is 4.52. The molecule has 0 fully saturated rings. The molecule has 4 nitrogen and oxygen atoms in total. The number of nitrogens with zero attached hydrogens (tertiary/aromatic N) is 3. The van der Waals surface area contributed by atoms with Gasteiger partial charge in [-0.15, -0.1) is 0 Å². The van der Waals surface area contributed by atoms with Crippen LogP contribution in [0.5, 0.6) is 0 Å². The molecule has 0 bridgehead atoms. The summed E-state index contributed by atoms with van der Waals surface area (Å²) in [5.74, 6) is 1.75. The Morgan fingerprint density at radius 3 is 2.62 bits per heavy atom. The third-order valence-electron chi connectivity index (χ3n) is 3.18. The molecule has 0 saturated carbocycles. The van der Waals surface area contributed by atoms with E-state index in [1.165, 1.54) is 0 Å². The summed E-state index contributed by atoms with van der Waals surface area (Å²) < 4.78 is 0. The molecule has 0 aromatic carbocycles. The Labute approximate surface area is 127 Å². The van der Waals surface area contributed by atoms with E-state index in [1.807, 2.05) is 12.3 Å². The lowest BCUT2D eigenvalue weighted by atomic mass is 9.92. The zero-order valence-corrected chi connectivity index (χ0v) is 13.3. The molecular formula is C17H24N4. The van der Waals surface area contributed by atoms with Crippen LogP contribution in [0.2, 0.25) is 0 Å². The van der Waals surface area contributed by atoms with Crippen molar-refractivity contribution in [3.05, 3.63) is 47.7 Å². The predicted molar refractivity (Wildman–Crippen MR) is 86.6 cm³/mol. The number of hydrogen-bond acceptors (Lipinski definition) is 4. The second kappa shape index (κ2) is 6.66. The Bertz CT molecular complexity index is 573. The van der Waals surface area contributed by atoms with Gasteiger partial charge in [0.25, 0.3) is 0 Å². The minimum atomic E-state index is 0.00920. The van der Waals surface area contributed by atoms with Crippen LogP contribution in [0.4, 0.5) is 5.82 Å². The van der Waals surface area contributed by atoms with Crippen molar-refractivity contribution in [2.45, 2.75) is 46.0 Å². The Morgan fingerprint density at radius 1 is 1.19 bits per heavy atom. The molecule has 0 aliphatic carbocycles. The van der Waals surface area contributed by atoms with Gasteiger partial charge in [0.1, 0.15) is 11.6 Å². The van der Waals surface area contributed by atoms with Crippen molar-refractivity contribution in [3.63, 3.8) is 0 Å². The van der Waals surface area contributed by atoms with E-state index in [-0.39, 0.29) is 5.41 Å². The normalized spacial score (nSPS) is 11.4. The number of anilines is 1. The van der Waals surface area contributed by atoms with Gasteiger partial charge in [-0.3, -0.25) is 4.98 Å². The van der Waals surface area contributed by atoms with Crippen LogP contribution in [0.15, 0.2) is 30.6 Å². The minimum absolute atomic E-state index is 0.00920. The van der Waals surface area contributed by atoms with Gasteiger partial charge in [-0.2, -0.15) is 0 Å².